The summed E-state index contributed by atoms with van der Waals surface area (Å²) < 4.78 is 0. The topological polar surface area (TPSA) is 79.4 Å². The first-order valence-corrected chi connectivity index (χ1v) is 5.14. The highest BCUT2D eigenvalue weighted by Crippen LogP contribution is 2.24. The van der Waals surface area contributed by atoms with Crippen molar-refractivity contribution < 1.29 is 10.2 Å². The number of hydrogen-bond donors (Lipinski definition) is 3. The summed E-state index contributed by atoms with van der Waals surface area (Å²) in [6.45, 7) is 0.0256. The van der Waals surface area contributed by atoms with Gasteiger partial charge in [-0.15, -0.1) is 0 Å². The number of rotatable bonds is 3. The highest BCUT2D eigenvalue weighted by atomic mass is 16.3. The Labute approximate surface area is 93.4 Å². The summed E-state index contributed by atoms with van der Waals surface area (Å²) in [4.78, 5) is 4.19. The van der Waals surface area contributed by atoms with Gasteiger partial charge in [-0.2, -0.15) is 0 Å². The second-order valence-electron chi connectivity index (χ2n) is 3.67. The predicted molar refractivity (Wildman–Crippen MR) is 61.8 cm³/mol. The van der Waals surface area contributed by atoms with Crippen LogP contribution in [-0.2, 0) is 0 Å². The van der Waals surface area contributed by atoms with Crippen LogP contribution in [0.25, 0.3) is 10.9 Å². The zero-order chi connectivity index (χ0) is 11.5. The summed E-state index contributed by atoms with van der Waals surface area (Å²) in [5.74, 6) is 0. The van der Waals surface area contributed by atoms with E-state index in [1.165, 1.54) is 0 Å². The SMILES string of the molecule is NCC(O)C(O)c1cccc2ncccc12. The Balaban J connectivity index is 2.52. The fourth-order valence-corrected chi connectivity index (χ4v) is 1.72. The highest BCUT2D eigenvalue weighted by molar-refractivity contribution is 5.82. The number of nitrogens with zero attached hydrogens (tertiary/aromatic N) is 1. The van der Waals surface area contributed by atoms with E-state index < -0.39 is 12.2 Å². The van der Waals surface area contributed by atoms with Crippen LogP contribution in [-0.4, -0.2) is 27.8 Å². The van der Waals surface area contributed by atoms with Crippen molar-refractivity contribution in [2.24, 2.45) is 5.73 Å². The Morgan fingerprint density at radius 3 is 2.75 bits per heavy atom. The van der Waals surface area contributed by atoms with Gasteiger partial charge in [0, 0.05) is 18.1 Å². The van der Waals surface area contributed by atoms with Crippen LogP contribution < -0.4 is 5.73 Å². The zero-order valence-electron chi connectivity index (χ0n) is 8.74. The minimum Gasteiger partial charge on any atom is -0.389 e. The molecule has 1 aromatic heterocycles. The molecule has 4 heteroatoms. The quantitative estimate of drug-likeness (QED) is 0.704. The van der Waals surface area contributed by atoms with Gasteiger partial charge in [-0.25, -0.2) is 0 Å². The molecule has 16 heavy (non-hydrogen) atoms. The van der Waals surface area contributed by atoms with Gasteiger partial charge in [0.15, 0.2) is 0 Å². The van der Waals surface area contributed by atoms with Crippen LogP contribution in [0.3, 0.4) is 0 Å². The number of benzene rings is 1. The number of pyridine rings is 1. The number of aliphatic hydroxyl groups excluding tert-OH is 2. The molecule has 0 bridgehead atoms. The molecule has 0 saturated carbocycles. The number of aromatic nitrogens is 1. The Morgan fingerprint density at radius 1 is 1.19 bits per heavy atom. The maximum atomic E-state index is 9.93. The van der Waals surface area contributed by atoms with E-state index in [4.69, 9.17) is 5.73 Å². The molecule has 2 aromatic rings. The molecule has 1 aromatic carbocycles. The van der Waals surface area contributed by atoms with Crippen molar-refractivity contribution in [3.8, 4) is 0 Å². The summed E-state index contributed by atoms with van der Waals surface area (Å²) in [6, 6.07) is 9.10. The largest absolute Gasteiger partial charge is 0.389 e. The molecule has 2 atom stereocenters. The third-order valence-electron chi connectivity index (χ3n) is 2.60. The Bertz CT molecular complexity index is 482. The van der Waals surface area contributed by atoms with Crippen LogP contribution in [0.2, 0.25) is 0 Å². The van der Waals surface area contributed by atoms with Gasteiger partial charge in [0.2, 0.25) is 0 Å². The molecule has 4 N–H and O–H groups in total. The number of fused-ring (bicyclic) bond motifs is 1. The van der Waals surface area contributed by atoms with Crippen molar-refractivity contribution in [2.45, 2.75) is 12.2 Å². The first-order chi connectivity index (χ1) is 7.74. The maximum absolute atomic E-state index is 9.93. The van der Waals surface area contributed by atoms with Crippen molar-refractivity contribution in [1.29, 1.82) is 0 Å². The molecule has 0 amide bonds. The molecule has 0 aliphatic carbocycles. The van der Waals surface area contributed by atoms with E-state index in [0.29, 0.717) is 5.56 Å². The second kappa shape index (κ2) is 4.57. The normalized spacial score (nSPS) is 14.9. The monoisotopic (exact) mass is 218 g/mol. The van der Waals surface area contributed by atoms with Crippen LogP contribution in [0.5, 0.6) is 0 Å². The molecule has 4 nitrogen and oxygen atoms in total. The van der Waals surface area contributed by atoms with Crippen LogP contribution in [0.1, 0.15) is 11.7 Å². The number of nitrogens with two attached hydrogens (primary N) is 1. The van der Waals surface area contributed by atoms with Gasteiger partial charge >= 0.3 is 0 Å². The lowest BCUT2D eigenvalue weighted by Crippen LogP contribution is -2.27. The summed E-state index contributed by atoms with van der Waals surface area (Å²) in [5, 5.41) is 20.3. The molecular weight excluding hydrogens is 204 g/mol. The van der Waals surface area contributed by atoms with E-state index in [9.17, 15) is 10.2 Å². The van der Waals surface area contributed by atoms with Gasteiger partial charge < -0.3 is 15.9 Å². The van der Waals surface area contributed by atoms with Gasteiger partial charge in [0.1, 0.15) is 6.10 Å². The lowest BCUT2D eigenvalue weighted by molar-refractivity contribution is 0.0252. The van der Waals surface area contributed by atoms with Crippen molar-refractivity contribution in [3.05, 3.63) is 42.1 Å². The van der Waals surface area contributed by atoms with Gasteiger partial charge in [-0.05, 0) is 17.7 Å². The highest BCUT2D eigenvalue weighted by Gasteiger charge is 2.18. The molecule has 0 aliphatic heterocycles. The number of hydrogen-bond acceptors (Lipinski definition) is 4. The molecule has 0 spiro atoms. The zero-order valence-corrected chi connectivity index (χ0v) is 8.74. The van der Waals surface area contributed by atoms with Gasteiger partial charge in [0.25, 0.3) is 0 Å². The molecule has 2 unspecified atom stereocenters. The first-order valence-electron chi connectivity index (χ1n) is 5.14. The van der Waals surface area contributed by atoms with E-state index in [1.54, 1.807) is 24.4 Å². The molecule has 0 saturated heterocycles. The smallest absolute Gasteiger partial charge is 0.107 e. The Morgan fingerprint density at radius 2 is 2.00 bits per heavy atom. The fourth-order valence-electron chi connectivity index (χ4n) is 1.72. The van der Waals surface area contributed by atoms with Gasteiger partial charge in [-0.3, -0.25) is 4.98 Å². The van der Waals surface area contributed by atoms with Crippen LogP contribution in [0.4, 0.5) is 0 Å². The molecule has 0 aliphatic rings. The standard InChI is InChI=1S/C12H14N2O2/c13-7-11(15)12(16)9-3-1-5-10-8(9)4-2-6-14-10/h1-6,11-12,15-16H,7,13H2. The lowest BCUT2D eigenvalue weighted by Gasteiger charge is -2.17. The van der Waals surface area contributed by atoms with E-state index in [1.807, 2.05) is 12.1 Å². The van der Waals surface area contributed by atoms with Gasteiger partial charge in [-0.1, -0.05) is 18.2 Å². The lowest BCUT2D eigenvalue weighted by atomic mass is 9.99. The van der Waals surface area contributed by atoms with Crippen LogP contribution in [0, 0.1) is 0 Å². The van der Waals surface area contributed by atoms with Crippen molar-refractivity contribution >= 4 is 10.9 Å². The van der Waals surface area contributed by atoms with Crippen molar-refractivity contribution in [3.63, 3.8) is 0 Å². The maximum Gasteiger partial charge on any atom is 0.107 e. The third-order valence-corrected chi connectivity index (χ3v) is 2.60. The number of aliphatic hydroxyl groups is 2. The van der Waals surface area contributed by atoms with E-state index in [-0.39, 0.29) is 6.54 Å². The summed E-state index contributed by atoms with van der Waals surface area (Å²) in [5.41, 5.74) is 6.78. The summed E-state index contributed by atoms with van der Waals surface area (Å²) >= 11 is 0. The van der Waals surface area contributed by atoms with Crippen molar-refractivity contribution in [1.82, 2.24) is 4.98 Å². The van der Waals surface area contributed by atoms with E-state index in [0.717, 1.165) is 10.9 Å². The molecule has 84 valence electrons. The third kappa shape index (κ3) is 1.90. The summed E-state index contributed by atoms with van der Waals surface area (Å²) in [7, 11) is 0. The average molecular weight is 218 g/mol. The first kappa shape index (κ1) is 11.0. The molecular formula is C12H14N2O2. The average Bonchev–Trinajstić information content (AvgIpc) is 2.36. The van der Waals surface area contributed by atoms with Crippen LogP contribution >= 0.6 is 0 Å². The van der Waals surface area contributed by atoms with Gasteiger partial charge in [0.05, 0.1) is 11.6 Å². The Kier molecular flexibility index (Phi) is 3.14. The fraction of sp³-hybridized carbons (Fsp3) is 0.250. The van der Waals surface area contributed by atoms with Crippen LogP contribution in [0.15, 0.2) is 36.5 Å². The van der Waals surface area contributed by atoms with E-state index >= 15 is 0 Å². The van der Waals surface area contributed by atoms with Crippen molar-refractivity contribution in [2.75, 3.05) is 6.54 Å². The minimum atomic E-state index is -0.974. The molecule has 1 heterocycles. The van der Waals surface area contributed by atoms with E-state index in [2.05, 4.69) is 4.98 Å². The molecule has 0 fully saturated rings. The molecule has 0 radical (unpaired) electrons. The second-order valence-corrected chi connectivity index (χ2v) is 3.67. The Hall–Kier alpha value is -1.49. The summed E-state index contributed by atoms with van der Waals surface area (Å²) in [6.07, 6.45) is -0.235. The molecule has 2 rings (SSSR count). The predicted octanol–water partition coefficient (Wildman–Crippen LogP) is 0.588. The minimum absolute atomic E-state index is 0.0256.